The van der Waals surface area contributed by atoms with Gasteiger partial charge < -0.3 is 5.73 Å². The summed E-state index contributed by atoms with van der Waals surface area (Å²) in [7, 11) is -3.15. The standard InChI is InChI=1S/C9H18N2O2S/c1-3-6-14(12,13)11-5-4-8(2)9(10)7-11/h3,8-9H,1,4-7,10H2,2H3. The van der Waals surface area contributed by atoms with Gasteiger partial charge in [0.25, 0.3) is 0 Å². The fourth-order valence-electron chi connectivity index (χ4n) is 1.58. The highest BCUT2D eigenvalue weighted by atomic mass is 32.2. The Hall–Kier alpha value is -0.390. The van der Waals surface area contributed by atoms with Crippen LogP contribution < -0.4 is 5.73 Å². The van der Waals surface area contributed by atoms with E-state index in [1.807, 2.05) is 0 Å². The zero-order valence-electron chi connectivity index (χ0n) is 8.52. The SMILES string of the molecule is C=CCS(=O)(=O)N1CCC(C)C(N)C1. The molecule has 1 aliphatic rings. The summed E-state index contributed by atoms with van der Waals surface area (Å²) in [6.07, 6.45) is 2.26. The maximum Gasteiger partial charge on any atom is 0.217 e. The first-order valence-corrected chi connectivity index (χ1v) is 6.42. The van der Waals surface area contributed by atoms with E-state index < -0.39 is 10.0 Å². The predicted molar refractivity (Wildman–Crippen MR) is 57.3 cm³/mol. The van der Waals surface area contributed by atoms with Crippen LogP contribution in [0.15, 0.2) is 12.7 Å². The van der Waals surface area contributed by atoms with E-state index in [0.717, 1.165) is 6.42 Å². The number of rotatable bonds is 3. The van der Waals surface area contributed by atoms with E-state index in [0.29, 0.717) is 19.0 Å². The van der Waals surface area contributed by atoms with Gasteiger partial charge in [0.1, 0.15) is 0 Å². The Labute approximate surface area is 85.8 Å². The summed E-state index contributed by atoms with van der Waals surface area (Å²) in [4.78, 5) is 0. The zero-order chi connectivity index (χ0) is 10.8. The van der Waals surface area contributed by atoms with Gasteiger partial charge in [-0.25, -0.2) is 12.7 Å². The van der Waals surface area contributed by atoms with Crippen LogP contribution in [0.1, 0.15) is 13.3 Å². The lowest BCUT2D eigenvalue weighted by Crippen LogP contribution is -2.50. The van der Waals surface area contributed by atoms with Crippen LogP contribution in [-0.2, 0) is 10.0 Å². The molecule has 14 heavy (non-hydrogen) atoms. The van der Waals surface area contributed by atoms with Crippen molar-refractivity contribution >= 4 is 10.0 Å². The Morgan fingerprint density at radius 3 is 2.79 bits per heavy atom. The Balaban J connectivity index is 2.67. The Bertz CT molecular complexity index is 300. The quantitative estimate of drug-likeness (QED) is 0.687. The minimum Gasteiger partial charge on any atom is -0.326 e. The molecule has 1 fully saturated rings. The van der Waals surface area contributed by atoms with Gasteiger partial charge >= 0.3 is 0 Å². The van der Waals surface area contributed by atoms with E-state index in [9.17, 15) is 8.42 Å². The minimum atomic E-state index is -3.15. The molecule has 1 rings (SSSR count). The zero-order valence-corrected chi connectivity index (χ0v) is 9.33. The number of sulfonamides is 1. The maximum atomic E-state index is 11.6. The molecule has 0 spiro atoms. The minimum absolute atomic E-state index is 0.00804. The summed E-state index contributed by atoms with van der Waals surface area (Å²) < 4.78 is 24.7. The molecule has 2 N–H and O–H groups in total. The van der Waals surface area contributed by atoms with Crippen molar-refractivity contribution in [1.82, 2.24) is 4.31 Å². The number of piperidine rings is 1. The molecule has 4 nitrogen and oxygen atoms in total. The molecule has 0 saturated carbocycles. The van der Waals surface area contributed by atoms with E-state index in [2.05, 4.69) is 13.5 Å². The van der Waals surface area contributed by atoms with Gasteiger partial charge in [-0.05, 0) is 12.3 Å². The van der Waals surface area contributed by atoms with E-state index in [1.165, 1.54) is 10.4 Å². The van der Waals surface area contributed by atoms with Crippen LogP contribution in [0.25, 0.3) is 0 Å². The second-order valence-electron chi connectivity index (χ2n) is 3.86. The molecular formula is C9H18N2O2S. The molecule has 2 unspecified atom stereocenters. The lowest BCUT2D eigenvalue weighted by Gasteiger charge is -2.33. The first kappa shape index (κ1) is 11.7. The highest BCUT2D eigenvalue weighted by Gasteiger charge is 2.29. The lowest BCUT2D eigenvalue weighted by atomic mass is 9.96. The molecule has 0 bridgehead atoms. The smallest absolute Gasteiger partial charge is 0.217 e. The van der Waals surface area contributed by atoms with E-state index in [4.69, 9.17) is 5.73 Å². The van der Waals surface area contributed by atoms with Crippen LogP contribution in [0, 0.1) is 5.92 Å². The predicted octanol–water partition coefficient (Wildman–Crippen LogP) is 0.171. The van der Waals surface area contributed by atoms with Crippen molar-refractivity contribution in [3.05, 3.63) is 12.7 Å². The van der Waals surface area contributed by atoms with Crippen molar-refractivity contribution in [2.45, 2.75) is 19.4 Å². The second-order valence-corrected chi connectivity index (χ2v) is 5.87. The van der Waals surface area contributed by atoms with Crippen LogP contribution >= 0.6 is 0 Å². The molecule has 0 aromatic carbocycles. The summed E-state index contributed by atoms with van der Waals surface area (Å²) in [5.41, 5.74) is 5.83. The van der Waals surface area contributed by atoms with Crippen molar-refractivity contribution < 1.29 is 8.42 Å². The average Bonchev–Trinajstić information content (AvgIpc) is 2.09. The van der Waals surface area contributed by atoms with Crippen molar-refractivity contribution in [3.63, 3.8) is 0 Å². The van der Waals surface area contributed by atoms with Gasteiger partial charge in [-0.3, -0.25) is 0 Å². The van der Waals surface area contributed by atoms with Crippen LogP contribution in [0.3, 0.4) is 0 Å². The largest absolute Gasteiger partial charge is 0.326 e. The molecule has 1 aliphatic heterocycles. The topological polar surface area (TPSA) is 63.4 Å². The first-order chi connectivity index (χ1) is 6.47. The second kappa shape index (κ2) is 4.42. The van der Waals surface area contributed by atoms with Gasteiger partial charge in [-0.2, -0.15) is 0 Å². The average molecular weight is 218 g/mol. The van der Waals surface area contributed by atoms with Gasteiger partial charge in [0.15, 0.2) is 0 Å². The molecule has 82 valence electrons. The van der Waals surface area contributed by atoms with Gasteiger partial charge in [0.05, 0.1) is 5.75 Å². The summed E-state index contributed by atoms with van der Waals surface area (Å²) in [5.74, 6) is 0.416. The molecule has 0 amide bonds. The number of nitrogens with zero attached hydrogens (tertiary/aromatic N) is 1. The van der Waals surface area contributed by atoms with Gasteiger partial charge in [-0.1, -0.05) is 13.0 Å². The first-order valence-electron chi connectivity index (χ1n) is 4.81. The number of hydrogen-bond donors (Lipinski definition) is 1. The Morgan fingerprint density at radius 2 is 2.29 bits per heavy atom. The molecule has 0 aliphatic carbocycles. The van der Waals surface area contributed by atoms with E-state index >= 15 is 0 Å². The molecule has 0 aromatic heterocycles. The molecular weight excluding hydrogens is 200 g/mol. The molecule has 5 heteroatoms. The molecule has 0 aromatic rings. The Morgan fingerprint density at radius 1 is 1.64 bits per heavy atom. The highest BCUT2D eigenvalue weighted by Crippen LogP contribution is 2.18. The van der Waals surface area contributed by atoms with Crippen molar-refractivity contribution in [2.75, 3.05) is 18.8 Å². The van der Waals surface area contributed by atoms with Crippen molar-refractivity contribution in [2.24, 2.45) is 11.7 Å². The van der Waals surface area contributed by atoms with Gasteiger partial charge in [0.2, 0.25) is 10.0 Å². The lowest BCUT2D eigenvalue weighted by molar-refractivity contribution is 0.253. The third-order valence-electron chi connectivity index (χ3n) is 2.70. The van der Waals surface area contributed by atoms with Crippen LogP contribution in [0.2, 0.25) is 0 Å². The Kier molecular flexibility index (Phi) is 3.69. The monoisotopic (exact) mass is 218 g/mol. The molecule has 2 atom stereocenters. The van der Waals surface area contributed by atoms with Crippen molar-refractivity contribution in [3.8, 4) is 0 Å². The molecule has 1 saturated heterocycles. The number of nitrogens with two attached hydrogens (primary N) is 1. The van der Waals surface area contributed by atoms with Crippen molar-refractivity contribution in [1.29, 1.82) is 0 Å². The maximum absolute atomic E-state index is 11.6. The summed E-state index contributed by atoms with van der Waals surface area (Å²) in [6, 6.07) is -0.0386. The third kappa shape index (κ3) is 2.56. The fourth-order valence-corrected chi connectivity index (χ4v) is 2.87. The summed E-state index contributed by atoms with van der Waals surface area (Å²) in [5, 5.41) is 0. The van der Waals surface area contributed by atoms with E-state index in [1.54, 1.807) is 0 Å². The van der Waals surface area contributed by atoms with Crippen LogP contribution in [0.5, 0.6) is 0 Å². The van der Waals surface area contributed by atoms with Crippen LogP contribution in [-0.4, -0.2) is 37.6 Å². The normalized spacial score (nSPS) is 30.1. The summed E-state index contributed by atoms with van der Waals surface area (Å²) >= 11 is 0. The highest BCUT2D eigenvalue weighted by molar-refractivity contribution is 7.89. The van der Waals surface area contributed by atoms with E-state index in [-0.39, 0.29) is 11.8 Å². The van der Waals surface area contributed by atoms with Gasteiger partial charge in [-0.15, -0.1) is 6.58 Å². The molecule has 1 heterocycles. The number of hydrogen-bond acceptors (Lipinski definition) is 3. The summed E-state index contributed by atoms with van der Waals surface area (Å²) in [6.45, 7) is 6.53. The fraction of sp³-hybridized carbons (Fsp3) is 0.778. The molecule has 0 radical (unpaired) electrons. The van der Waals surface area contributed by atoms with Crippen LogP contribution in [0.4, 0.5) is 0 Å². The van der Waals surface area contributed by atoms with Gasteiger partial charge in [0, 0.05) is 19.1 Å². The third-order valence-corrected chi connectivity index (χ3v) is 4.48.